The number of nitrogens with zero attached hydrogens (tertiary/aromatic N) is 1. The fourth-order valence-corrected chi connectivity index (χ4v) is 2.08. The highest BCUT2D eigenvalue weighted by Crippen LogP contribution is 2.11. The summed E-state index contributed by atoms with van der Waals surface area (Å²) >= 11 is 1.60. The second kappa shape index (κ2) is 4.90. The first-order valence-electron chi connectivity index (χ1n) is 5.00. The monoisotopic (exact) mass is 232 g/mol. The molecule has 0 saturated heterocycles. The van der Waals surface area contributed by atoms with Crippen LogP contribution in [0.2, 0.25) is 0 Å². The number of hydrogen-bond acceptors (Lipinski definition) is 3. The molecule has 1 heterocycles. The van der Waals surface area contributed by atoms with Crippen molar-refractivity contribution in [2.75, 3.05) is 0 Å². The van der Waals surface area contributed by atoms with Gasteiger partial charge in [0.25, 0.3) is 5.91 Å². The fraction of sp³-hybridized carbons (Fsp3) is 0.167. The van der Waals surface area contributed by atoms with Crippen LogP contribution in [0.25, 0.3) is 0 Å². The zero-order valence-electron chi connectivity index (χ0n) is 8.93. The average Bonchev–Trinajstić information content (AvgIpc) is 2.73. The van der Waals surface area contributed by atoms with Crippen LogP contribution < -0.4 is 5.32 Å². The summed E-state index contributed by atoms with van der Waals surface area (Å²) in [5, 5.41) is 3.88. The lowest BCUT2D eigenvalue weighted by molar-refractivity contribution is 0.0951. The molecule has 0 spiro atoms. The van der Waals surface area contributed by atoms with Crippen LogP contribution in [0.5, 0.6) is 0 Å². The molecule has 1 amide bonds. The third kappa shape index (κ3) is 2.67. The van der Waals surface area contributed by atoms with Gasteiger partial charge in [0.15, 0.2) is 0 Å². The van der Waals surface area contributed by atoms with Crippen molar-refractivity contribution < 1.29 is 4.79 Å². The van der Waals surface area contributed by atoms with Gasteiger partial charge in [-0.05, 0) is 19.1 Å². The van der Waals surface area contributed by atoms with E-state index in [1.807, 2.05) is 25.1 Å². The topological polar surface area (TPSA) is 42.0 Å². The van der Waals surface area contributed by atoms with E-state index in [9.17, 15) is 4.79 Å². The first-order valence-corrected chi connectivity index (χ1v) is 5.82. The van der Waals surface area contributed by atoms with Crippen molar-refractivity contribution in [3.63, 3.8) is 0 Å². The number of benzene rings is 1. The van der Waals surface area contributed by atoms with E-state index >= 15 is 0 Å². The first kappa shape index (κ1) is 10.8. The number of nitrogens with one attached hydrogen (secondary N) is 1. The number of carbonyl (C=O) groups is 1. The number of amides is 1. The van der Waals surface area contributed by atoms with E-state index < -0.39 is 0 Å². The number of aromatic nitrogens is 1. The minimum Gasteiger partial charge on any atom is -0.347 e. The van der Waals surface area contributed by atoms with Gasteiger partial charge in [-0.25, -0.2) is 4.98 Å². The molecule has 82 valence electrons. The summed E-state index contributed by atoms with van der Waals surface area (Å²) in [5.74, 6) is -0.0494. The van der Waals surface area contributed by atoms with E-state index in [2.05, 4.69) is 10.3 Å². The van der Waals surface area contributed by atoms with Crippen molar-refractivity contribution in [3.05, 3.63) is 52.0 Å². The van der Waals surface area contributed by atoms with Crippen LogP contribution in [0.3, 0.4) is 0 Å². The molecule has 0 saturated carbocycles. The summed E-state index contributed by atoms with van der Waals surface area (Å²) in [4.78, 5) is 16.9. The Morgan fingerprint density at radius 3 is 2.75 bits per heavy atom. The molecule has 0 bridgehead atoms. The molecule has 0 aliphatic heterocycles. The SMILES string of the molecule is Cc1ncc(CNC(=O)c2ccccc2)s1. The first-order chi connectivity index (χ1) is 7.75. The van der Waals surface area contributed by atoms with Crippen LogP contribution in [0.15, 0.2) is 36.5 Å². The molecule has 2 rings (SSSR count). The lowest BCUT2D eigenvalue weighted by atomic mass is 10.2. The molecular weight excluding hydrogens is 220 g/mol. The fourth-order valence-electron chi connectivity index (χ4n) is 1.35. The van der Waals surface area contributed by atoms with Gasteiger partial charge in [-0.3, -0.25) is 4.79 Å². The molecule has 2 aromatic rings. The average molecular weight is 232 g/mol. The highest BCUT2D eigenvalue weighted by Gasteiger charge is 2.04. The summed E-state index contributed by atoms with van der Waals surface area (Å²) in [7, 11) is 0. The molecule has 0 unspecified atom stereocenters. The Hall–Kier alpha value is -1.68. The van der Waals surface area contributed by atoms with Gasteiger partial charge in [-0.15, -0.1) is 11.3 Å². The summed E-state index contributed by atoms with van der Waals surface area (Å²) in [6.07, 6.45) is 1.80. The van der Waals surface area contributed by atoms with Crippen LogP contribution >= 0.6 is 11.3 Å². The Morgan fingerprint density at radius 2 is 2.12 bits per heavy atom. The van der Waals surface area contributed by atoms with Gasteiger partial charge >= 0.3 is 0 Å². The highest BCUT2D eigenvalue weighted by atomic mass is 32.1. The minimum atomic E-state index is -0.0494. The van der Waals surface area contributed by atoms with Crippen molar-refractivity contribution in [1.29, 1.82) is 0 Å². The second-order valence-corrected chi connectivity index (χ2v) is 4.71. The van der Waals surface area contributed by atoms with Crippen molar-refractivity contribution in [2.45, 2.75) is 13.5 Å². The van der Waals surface area contributed by atoms with E-state index in [4.69, 9.17) is 0 Å². The number of hydrogen-bond donors (Lipinski definition) is 1. The van der Waals surface area contributed by atoms with E-state index in [0.717, 1.165) is 9.88 Å². The molecule has 0 aliphatic carbocycles. The van der Waals surface area contributed by atoms with Crippen LogP contribution in [-0.2, 0) is 6.54 Å². The molecule has 0 radical (unpaired) electrons. The minimum absolute atomic E-state index is 0.0494. The van der Waals surface area contributed by atoms with Crippen LogP contribution in [-0.4, -0.2) is 10.9 Å². The lowest BCUT2D eigenvalue weighted by Crippen LogP contribution is -2.22. The van der Waals surface area contributed by atoms with Gasteiger partial charge in [0, 0.05) is 16.6 Å². The predicted molar refractivity (Wildman–Crippen MR) is 64.5 cm³/mol. The van der Waals surface area contributed by atoms with Crippen molar-refractivity contribution >= 4 is 17.2 Å². The maximum atomic E-state index is 11.7. The standard InChI is InChI=1S/C12H12N2OS/c1-9-13-7-11(16-9)8-14-12(15)10-5-3-2-4-6-10/h2-7H,8H2,1H3,(H,14,15). The van der Waals surface area contributed by atoms with E-state index in [1.165, 1.54) is 0 Å². The zero-order valence-corrected chi connectivity index (χ0v) is 9.75. The Morgan fingerprint density at radius 1 is 1.38 bits per heavy atom. The third-order valence-electron chi connectivity index (χ3n) is 2.13. The molecule has 1 aromatic carbocycles. The molecule has 16 heavy (non-hydrogen) atoms. The molecular formula is C12H12N2OS. The van der Waals surface area contributed by atoms with Gasteiger partial charge < -0.3 is 5.32 Å². The molecule has 0 fully saturated rings. The molecule has 1 aromatic heterocycles. The highest BCUT2D eigenvalue weighted by molar-refractivity contribution is 7.11. The Kier molecular flexibility index (Phi) is 3.31. The van der Waals surface area contributed by atoms with Gasteiger partial charge in [0.2, 0.25) is 0 Å². The molecule has 3 nitrogen and oxygen atoms in total. The Balaban J connectivity index is 1.94. The van der Waals surface area contributed by atoms with Gasteiger partial charge in [0.1, 0.15) is 0 Å². The van der Waals surface area contributed by atoms with Crippen LogP contribution in [0, 0.1) is 6.92 Å². The quantitative estimate of drug-likeness (QED) is 0.882. The lowest BCUT2D eigenvalue weighted by Gasteiger charge is -2.02. The second-order valence-electron chi connectivity index (χ2n) is 3.39. The Labute approximate surface area is 98.2 Å². The normalized spacial score (nSPS) is 10.1. The van der Waals surface area contributed by atoms with Crippen LogP contribution in [0.4, 0.5) is 0 Å². The van der Waals surface area contributed by atoms with E-state index in [1.54, 1.807) is 29.7 Å². The molecule has 0 aliphatic rings. The Bertz CT molecular complexity index is 479. The summed E-state index contributed by atoms with van der Waals surface area (Å²) in [6.45, 7) is 2.49. The van der Waals surface area contributed by atoms with E-state index in [-0.39, 0.29) is 5.91 Å². The largest absolute Gasteiger partial charge is 0.347 e. The third-order valence-corrected chi connectivity index (χ3v) is 3.04. The van der Waals surface area contributed by atoms with Gasteiger partial charge in [0.05, 0.1) is 11.6 Å². The number of rotatable bonds is 3. The van der Waals surface area contributed by atoms with Crippen molar-refractivity contribution in [3.8, 4) is 0 Å². The van der Waals surface area contributed by atoms with Crippen LogP contribution in [0.1, 0.15) is 20.2 Å². The number of thiazole rings is 1. The maximum absolute atomic E-state index is 11.7. The summed E-state index contributed by atoms with van der Waals surface area (Å²) in [6, 6.07) is 9.20. The number of carbonyl (C=O) groups excluding carboxylic acids is 1. The zero-order chi connectivity index (χ0) is 11.4. The van der Waals surface area contributed by atoms with Crippen molar-refractivity contribution in [2.24, 2.45) is 0 Å². The summed E-state index contributed by atoms with van der Waals surface area (Å²) in [5.41, 5.74) is 0.684. The maximum Gasteiger partial charge on any atom is 0.251 e. The molecule has 4 heteroatoms. The smallest absolute Gasteiger partial charge is 0.251 e. The number of aryl methyl sites for hydroxylation is 1. The van der Waals surface area contributed by atoms with Gasteiger partial charge in [-0.2, -0.15) is 0 Å². The van der Waals surface area contributed by atoms with Crippen molar-refractivity contribution in [1.82, 2.24) is 10.3 Å². The molecule has 0 atom stereocenters. The molecule has 1 N–H and O–H groups in total. The summed E-state index contributed by atoms with van der Waals surface area (Å²) < 4.78 is 0. The van der Waals surface area contributed by atoms with Gasteiger partial charge in [-0.1, -0.05) is 18.2 Å². The predicted octanol–water partition coefficient (Wildman–Crippen LogP) is 2.38. The van der Waals surface area contributed by atoms with E-state index in [0.29, 0.717) is 12.1 Å².